The Balaban J connectivity index is 2.24. The molecule has 1 aromatic carbocycles. The number of hydrogen-bond donors (Lipinski definition) is 2. The van der Waals surface area contributed by atoms with Crippen molar-refractivity contribution in [2.24, 2.45) is 5.92 Å². The van der Waals surface area contributed by atoms with Gasteiger partial charge in [-0.2, -0.15) is 0 Å². The fraction of sp³-hybridized carbons (Fsp3) is 0.500. The van der Waals surface area contributed by atoms with Crippen molar-refractivity contribution in [2.75, 3.05) is 30.3 Å². The zero-order chi connectivity index (χ0) is 12.4. The molecule has 0 radical (unpaired) electrons. The Morgan fingerprint density at radius 1 is 1.35 bits per heavy atom. The topological polar surface area (TPSA) is 49.5 Å². The summed E-state index contributed by atoms with van der Waals surface area (Å²) >= 11 is 11.9. The number of rotatable bonds is 2. The molecule has 1 aromatic rings. The minimum atomic E-state index is 0.220. The molecule has 0 saturated carbocycles. The minimum absolute atomic E-state index is 0.220. The molecule has 0 spiro atoms. The zero-order valence-corrected chi connectivity index (χ0v) is 11.0. The highest BCUT2D eigenvalue weighted by molar-refractivity contribution is 6.42. The van der Waals surface area contributed by atoms with Crippen molar-refractivity contribution in [2.45, 2.75) is 12.8 Å². The van der Waals surface area contributed by atoms with Crippen molar-refractivity contribution >= 4 is 34.6 Å². The van der Waals surface area contributed by atoms with Gasteiger partial charge in [-0.15, -0.1) is 0 Å². The summed E-state index contributed by atoms with van der Waals surface area (Å²) < 4.78 is 0. The van der Waals surface area contributed by atoms with Gasteiger partial charge in [-0.1, -0.05) is 23.2 Å². The first-order valence-electron chi connectivity index (χ1n) is 5.72. The van der Waals surface area contributed by atoms with Crippen LogP contribution in [0.1, 0.15) is 12.8 Å². The number of hydrogen-bond acceptors (Lipinski definition) is 3. The van der Waals surface area contributed by atoms with Crippen LogP contribution in [0.4, 0.5) is 11.4 Å². The third kappa shape index (κ3) is 2.79. The maximum Gasteiger partial charge on any atom is 0.0616 e. The summed E-state index contributed by atoms with van der Waals surface area (Å²) in [6.45, 7) is 1.98. The van der Waals surface area contributed by atoms with Crippen molar-refractivity contribution in [3.63, 3.8) is 0 Å². The van der Waals surface area contributed by atoms with Crippen LogP contribution in [-0.2, 0) is 0 Å². The normalized spacial score (nSPS) is 20.6. The van der Waals surface area contributed by atoms with Crippen molar-refractivity contribution in [1.29, 1.82) is 0 Å². The van der Waals surface area contributed by atoms with Gasteiger partial charge in [0.05, 0.1) is 21.4 Å². The van der Waals surface area contributed by atoms with Crippen molar-refractivity contribution in [3.8, 4) is 0 Å². The first-order valence-corrected chi connectivity index (χ1v) is 6.47. The average Bonchev–Trinajstić information content (AvgIpc) is 2.34. The molecule has 0 bridgehead atoms. The molecule has 2 rings (SSSR count). The van der Waals surface area contributed by atoms with E-state index >= 15 is 0 Å². The molecule has 1 heterocycles. The standard InChI is InChI=1S/C12H16Cl2N2O/c13-9-4-11(15)12(5-10(9)14)16-3-1-2-8(6-16)7-17/h4-5,8,17H,1-3,6-7,15H2. The van der Waals surface area contributed by atoms with E-state index in [-0.39, 0.29) is 6.61 Å². The Kier molecular flexibility index (Phi) is 4.02. The van der Waals surface area contributed by atoms with Gasteiger partial charge in [0.2, 0.25) is 0 Å². The van der Waals surface area contributed by atoms with Gasteiger partial charge in [0.15, 0.2) is 0 Å². The maximum absolute atomic E-state index is 9.22. The highest BCUT2D eigenvalue weighted by Gasteiger charge is 2.21. The van der Waals surface area contributed by atoms with Gasteiger partial charge < -0.3 is 15.7 Å². The van der Waals surface area contributed by atoms with E-state index < -0.39 is 0 Å². The molecule has 5 heteroatoms. The molecule has 0 aliphatic carbocycles. The highest BCUT2D eigenvalue weighted by Crippen LogP contribution is 2.34. The lowest BCUT2D eigenvalue weighted by atomic mass is 9.98. The first-order chi connectivity index (χ1) is 8.11. The van der Waals surface area contributed by atoms with E-state index in [0.29, 0.717) is 21.7 Å². The van der Waals surface area contributed by atoms with Crippen LogP contribution < -0.4 is 10.6 Å². The third-order valence-corrected chi connectivity index (χ3v) is 3.91. The quantitative estimate of drug-likeness (QED) is 0.816. The fourth-order valence-corrected chi connectivity index (χ4v) is 2.59. The molecule has 3 N–H and O–H groups in total. The summed E-state index contributed by atoms with van der Waals surface area (Å²) in [5.41, 5.74) is 7.51. The van der Waals surface area contributed by atoms with Crippen LogP contribution in [0.15, 0.2) is 12.1 Å². The average molecular weight is 275 g/mol. The van der Waals surface area contributed by atoms with Crippen molar-refractivity contribution in [1.82, 2.24) is 0 Å². The van der Waals surface area contributed by atoms with Gasteiger partial charge >= 0.3 is 0 Å². The Labute approximate surface area is 111 Å². The number of nitrogens with zero attached hydrogens (tertiary/aromatic N) is 1. The Morgan fingerprint density at radius 2 is 2.06 bits per heavy atom. The smallest absolute Gasteiger partial charge is 0.0616 e. The number of aliphatic hydroxyl groups excluding tert-OH is 1. The summed E-state index contributed by atoms with van der Waals surface area (Å²) in [5.74, 6) is 0.317. The van der Waals surface area contributed by atoms with Gasteiger partial charge in [-0.05, 0) is 30.9 Å². The van der Waals surface area contributed by atoms with Crippen molar-refractivity contribution < 1.29 is 5.11 Å². The summed E-state index contributed by atoms with van der Waals surface area (Å²) in [6.07, 6.45) is 2.12. The van der Waals surface area contributed by atoms with Crippen LogP contribution in [0, 0.1) is 5.92 Å². The van der Waals surface area contributed by atoms with Gasteiger partial charge in [0, 0.05) is 19.7 Å². The van der Waals surface area contributed by atoms with E-state index in [1.807, 2.05) is 0 Å². The predicted molar refractivity (Wildman–Crippen MR) is 72.9 cm³/mol. The maximum atomic E-state index is 9.22. The van der Waals surface area contributed by atoms with E-state index in [1.54, 1.807) is 12.1 Å². The van der Waals surface area contributed by atoms with E-state index in [9.17, 15) is 5.11 Å². The molecule has 0 amide bonds. The molecule has 1 fully saturated rings. The summed E-state index contributed by atoms with van der Waals surface area (Å²) in [7, 11) is 0. The molecular weight excluding hydrogens is 259 g/mol. The largest absolute Gasteiger partial charge is 0.397 e. The lowest BCUT2D eigenvalue weighted by Gasteiger charge is -2.34. The number of halogens is 2. The van der Waals surface area contributed by atoms with Crippen LogP contribution in [-0.4, -0.2) is 24.8 Å². The van der Waals surface area contributed by atoms with Crippen LogP contribution in [0.2, 0.25) is 10.0 Å². The van der Waals surface area contributed by atoms with Crippen molar-refractivity contribution in [3.05, 3.63) is 22.2 Å². The summed E-state index contributed by atoms with van der Waals surface area (Å²) in [6, 6.07) is 3.49. The Hall–Kier alpha value is -0.640. The fourth-order valence-electron chi connectivity index (χ4n) is 2.26. The molecular formula is C12H16Cl2N2O. The number of nitrogens with two attached hydrogens (primary N) is 1. The van der Waals surface area contributed by atoms with E-state index in [0.717, 1.165) is 31.6 Å². The molecule has 1 saturated heterocycles. The molecule has 3 nitrogen and oxygen atoms in total. The van der Waals surface area contributed by atoms with Crippen LogP contribution in [0.5, 0.6) is 0 Å². The number of benzene rings is 1. The molecule has 0 aromatic heterocycles. The highest BCUT2D eigenvalue weighted by atomic mass is 35.5. The number of aliphatic hydroxyl groups is 1. The van der Waals surface area contributed by atoms with E-state index in [1.165, 1.54) is 0 Å². The lowest BCUT2D eigenvalue weighted by Crippen LogP contribution is -2.37. The SMILES string of the molecule is Nc1cc(Cl)c(Cl)cc1N1CCCC(CO)C1. The molecule has 1 unspecified atom stereocenters. The Bertz CT molecular complexity index is 412. The van der Waals surface area contributed by atoms with E-state index in [4.69, 9.17) is 28.9 Å². The van der Waals surface area contributed by atoms with Crippen LogP contribution >= 0.6 is 23.2 Å². The molecule has 94 valence electrons. The Morgan fingerprint density at radius 3 is 2.76 bits per heavy atom. The van der Waals surface area contributed by atoms with Gasteiger partial charge in [-0.3, -0.25) is 0 Å². The number of nitrogen functional groups attached to an aromatic ring is 1. The van der Waals surface area contributed by atoms with Crippen LogP contribution in [0.3, 0.4) is 0 Å². The molecule has 1 aliphatic heterocycles. The summed E-state index contributed by atoms with van der Waals surface area (Å²) in [5, 5.41) is 10.2. The minimum Gasteiger partial charge on any atom is -0.397 e. The second-order valence-corrected chi connectivity index (χ2v) is 5.28. The molecule has 17 heavy (non-hydrogen) atoms. The first kappa shape index (κ1) is 12.8. The lowest BCUT2D eigenvalue weighted by molar-refractivity contribution is 0.209. The second-order valence-electron chi connectivity index (χ2n) is 4.46. The second kappa shape index (κ2) is 5.34. The van der Waals surface area contributed by atoms with Gasteiger partial charge in [0.25, 0.3) is 0 Å². The molecule has 1 atom stereocenters. The summed E-state index contributed by atoms with van der Waals surface area (Å²) in [4.78, 5) is 2.17. The van der Waals surface area contributed by atoms with E-state index in [2.05, 4.69) is 4.90 Å². The van der Waals surface area contributed by atoms with Gasteiger partial charge in [-0.25, -0.2) is 0 Å². The monoisotopic (exact) mass is 274 g/mol. The molecule has 1 aliphatic rings. The number of anilines is 2. The number of piperidine rings is 1. The van der Waals surface area contributed by atoms with Gasteiger partial charge in [0.1, 0.15) is 0 Å². The third-order valence-electron chi connectivity index (χ3n) is 3.19. The predicted octanol–water partition coefficient (Wildman–Crippen LogP) is 2.78. The zero-order valence-electron chi connectivity index (χ0n) is 9.50. The van der Waals surface area contributed by atoms with Crippen LogP contribution in [0.25, 0.3) is 0 Å².